The highest BCUT2D eigenvalue weighted by Gasteiger charge is 2.31. The van der Waals surface area contributed by atoms with Crippen molar-refractivity contribution in [2.45, 2.75) is 25.4 Å². The summed E-state index contributed by atoms with van der Waals surface area (Å²) in [7, 11) is 3.91. The second kappa shape index (κ2) is 10.3. The van der Waals surface area contributed by atoms with Gasteiger partial charge < -0.3 is 24.6 Å². The van der Waals surface area contributed by atoms with Gasteiger partial charge in [0, 0.05) is 51.2 Å². The molecule has 0 spiro atoms. The van der Waals surface area contributed by atoms with Gasteiger partial charge in [0.25, 0.3) is 5.91 Å². The maximum Gasteiger partial charge on any atom is 0.251 e. The average Bonchev–Trinajstić information content (AvgIpc) is 3.24. The lowest BCUT2D eigenvalue weighted by molar-refractivity contribution is -0.137. The van der Waals surface area contributed by atoms with Gasteiger partial charge in [-0.05, 0) is 38.7 Å². The van der Waals surface area contributed by atoms with E-state index in [0.29, 0.717) is 49.2 Å². The molecule has 1 atom stereocenters. The summed E-state index contributed by atoms with van der Waals surface area (Å²) in [5.74, 6) is 0.635. The van der Waals surface area contributed by atoms with Crippen molar-refractivity contribution in [1.29, 1.82) is 0 Å². The molecule has 0 radical (unpaired) electrons. The molecular weight excluding hydrogens is 394 g/mol. The number of likely N-dealkylation sites (N-methyl/N-ethyl adjacent to an activating group) is 1. The molecule has 0 aliphatic carbocycles. The normalized spacial score (nSPS) is 20.1. The van der Waals surface area contributed by atoms with Gasteiger partial charge in [-0.3, -0.25) is 9.59 Å². The van der Waals surface area contributed by atoms with Crippen molar-refractivity contribution in [2.24, 2.45) is 5.92 Å². The molecule has 2 heterocycles. The van der Waals surface area contributed by atoms with E-state index in [0.717, 1.165) is 25.8 Å². The van der Waals surface area contributed by atoms with Crippen LogP contribution in [0, 0.1) is 5.92 Å². The first-order valence-corrected chi connectivity index (χ1v) is 10.6. The van der Waals surface area contributed by atoms with Crippen molar-refractivity contribution in [3.63, 3.8) is 0 Å². The Hall–Kier alpha value is -1.83. The molecule has 8 heteroatoms. The number of amides is 2. The molecule has 2 aliphatic rings. The summed E-state index contributed by atoms with van der Waals surface area (Å²) < 4.78 is 11.4. The molecule has 0 saturated carbocycles. The van der Waals surface area contributed by atoms with E-state index in [1.165, 1.54) is 0 Å². The summed E-state index contributed by atoms with van der Waals surface area (Å²) in [6.45, 7) is 3.94. The molecule has 0 bridgehead atoms. The predicted molar refractivity (Wildman–Crippen MR) is 111 cm³/mol. The van der Waals surface area contributed by atoms with Crippen LogP contribution < -0.4 is 10.1 Å². The lowest BCUT2D eigenvalue weighted by Crippen LogP contribution is -2.44. The van der Waals surface area contributed by atoms with Gasteiger partial charge in [-0.15, -0.1) is 0 Å². The van der Waals surface area contributed by atoms with Crippen LogP contribution in [0.2, 0.25) is 5.02 Å². The quantitative estimate of drug-likeness (QED) is 0.726. The Labute approximate surface area is 177 Å². The van der Waals surface area contributed by atoms with E-state index in [4.69, 9.17) is 21.1 Å². The average molecular weight is 424 g/mol. The van der Waals surface area contributed by atoms with Crippen molar-refractivity contribution < 1.29 is 19.1 Å². The lowest BCUT2D eigenvalue weighted by atomic mass is 10.0. The number of nitrogens with one attached hydrogen (secondary N) is 1. The van der Waals surface area contributed by atoms with E-state index in [1.807, 2.05) is 23.9 Å². The molecule has 1 unspecified atom stereocenters. The third-order valence-corrected chi connectivity index (χ3v) is 5.66. The number of benzene rings is 1. The fourth-order valence-corrected chi connectivity index (χ4v) is 3.82. The number of piperidine rings is 1. The van der Waals surface area contributed by atoms with Gasteiger partial charge in [0.1, 0.15) is 11.9 Å². The molecule has 1 aromatic carbocycles. The van der Waals surface area contributed by atoms with Crippen LogP contribution in [0.3, 0.4) is 0 Å². The summed E-state index contributed by atoms with van der Waals surface area (Å²) in [6, 6.07) is 5.11. The summed E-state index contributed by atoms with van der Waals surface area (Å²) in [5, 5.41) is 3.29. The van der Waals surface area contributed by atoms with Crippen molar-refractivity contribution in [1.82, 2.24) is 15.1 Å². The minimum Gasteiger partial charge on any atom is -0.489 e. The van der Waals surface area contributed by atoms with Crippen LogP contribution >= 0.6 is 11.6 Å². The molecule has 2 fully saturated rings. The number of likely N-dealkylation sites (tertiary alicyclic amines) is 1. The monoisotopic (exact) mass is 423 g/mol. The molecule has 1 aromatic rings. The van der Waals surface area contributed by atoms with E-state index in [2.05, 4.69) is 5.32 Å². The maximum atomic E-state index is 12.5. The van der Waals surface area contributed by atoms with E-state index in [9.17, 15) is 9.59 Å². The molecule has 0 aromatic heterocycles. The number of nitrogens with zero attached hydrogens (tertiary/aromatic N) is 2. The number of carbonyl (C=O) groups is 2. The summed E-state index contributed by atoms with van der Waals surface area (Å²) in [4.78, 5) is 28.6. The number of halogens is 1. The van der Waals surface area contributed by atoms with E-state index in [-0.39, 0.29) is 23.8 Å². The van der Waals surface area contributed by atoms with E-state index >= 15 is 0 Å². The fourth-order valence-electron chi connectivity index (χ4n) is 3.59. The third-order valence-electron chi connectivity index (χ3n) is 5.36. The highest BCUT2D eigenvalue weighted by atomic mass is 35.5. The largest absolute Gasteiger partial charge is 0.489 e. The highest BCUT2D eigenvalue weighted by molar-refractivity contribution is 6.32. The number of hydrogen-bond acceptors (Lipinski definition) is 5. The first kappa shape index (κ1) is 21.9. The third kappa shape index (κ3) is 6.07. The van der Waals surface area contributed by atoms with Crippen molar-refractivity contribution in [3.05, 3.63) is 28.8 Å². The topological polar surface area (TPSA) is 71.1 Å². The van der Waals surface area contributed by atoms with Crippen LogP contribution in [0.1, 0.15) is 29.6 Å². The van der Waals surface area contributed by atoms with Gasteiger partial charge in [0.15, 0.2) is 0 Å². The zero-order valence-electron chi connectivity index (χ0n) is 17.2. The smallest absolute Gasteiger partial charge is 0.251 e. The zero-order chi connectivity index (χ0) is 20.8. The van der Waals surface area contributed by atoms with Gasteiger partial charge in [-0.2, -0.15) is 0 Å². The molecule has 2 saturated heterocycles. The minimum atomic E-state index is -0.150. The van der Waals surface area contributed by atoms with Crippen LogP contribution in [0.15, 0.2) is 18.2 Å². The molecular formula is C21H30ClN3O4. The highest BCUT2D eigenvalue weighted by Crippen LogP contribution is 2.29. The van der Waals surface area contributed by atoms with Crippen molar-refractivity contribution in [2.75, 3.05) is 53.5 Å². The second-order valence-corrected chi connectivity index (χ2v) is 8.31. The Kier molecular flexibility index (Phi) is 7.75. The number of ether oxygens (including phenoxy) is 2. The van der Waals surface area contributed by atoms with Gasteiger partial charge in [0.2, 0.25) is 5.91 Å². The Bertz CT molecular complexity index is 714. The summed E-state index contributed by atoms with van der Waals surface area (Å²) in [5.41, 5.74) is 0.514. The minimum absolute atomic E-state index is 0.0103. The van der Waals surface area contributed by atoms with Gasteiger partial charge in [0.05, 0.1) is 17.5 Å². The SMILES string of the molecule is CN(C)CCNC(=O)c1ccc(OC2CCN(C(=O)C3CCOC3)CC2)c(Cl)c1. The standard InChI is InChI=1S/C21H30ClN3O4/c1-24(2)11-8-23-20(26)15-3-4-19(18(22)13-15)29-17-5-9-25(10-6-17)21(27)16-7-12-28-14-16/h3-4,13,16-17H,5-12,14H2,1-2H3,(H,23,26). The van der Waals surface area contributed by atoms with Gasteiger partial charge >= 0.3 is 0 Å². The Balaban J connectivity index is 1.48. The number of carbonyl (C=O) groups excluding carboxylic acids is 2. The van der Waals surface area contributed by atoms with Crippen LogP contribution in [0.25, 0.3) is 0 Å². The zero-order valence-corrected chi connectivity index (χ0v) is 17.9. The van der Waals surface area contributed by atoms with Crippen LogP contribution in [-0.2, 0) is 9.53 Å². The first-order chi connectivity index (χ1) is 13.9. The predicted octanol–water partition coefficient (Wildman–Crippen LogP) is 2.04. The molecule has 7 nitrogen and oxygen atoms in total. The van der Waals surface area contributed by atoms with Crippen molar-refractivity contribution >= 4 is 23.4 Å². The van der Waals surface area contributed by atoms with Gasteiger partial charge in [-0.1, -0.05) is 11.6 Å². The Morgan fingerprint density at radius 1 is 1.28 bits per heavy atom. The Morgan fingerprint density at radius 2 is 2.03 bits per heavy atom. The molecule has 29 heavy (non-hydrogen) atoms. The molecule has 2 aliphatic heterocycles. The number of hydrogen-bond donors (Lipinski definition) is 1. The number of rotatable bonds is 7. The maximum absolute atomic E-state index is 12.5. The van der Waals surface area contributed by atoms with Crippen LogP contribution in [0.5, 0.6) is 5.75 Å². The van der Waals surface area contributed by atoms with Crippen LogP contribution in [0.4, 0.5) is 0 Å². The molecule has 3 rings (SSSR count). The molecule has 2 amide bonds. The molecule has 1 N–H and O–H groups in total. The van der Waals surface area contributed by atoms with E-state index < -0.39 is 0 Å². The van der Waals surface area contributed by atoms with Crippen molar-refractivity contribution in [3.8, 4) is 5.75 Å². The van der Waals surface area contributed by atoms with Gasteiger partial charge in [-0.25, -0.2) is 0 Å². The summed E-state index contributed by atoms with van der Waals surface area (Å²) >= 11 is 6.35. The van der Waals surface area contributed by atoms with E-state index in [1.54, 1.807) is 18.2 Å². The second-order valence-electron chi connectivity index (χ2n) is 7.91. The molecule has 160 valence electrons. The lowest BCUT2D eigenvalue weighted by Gasteiger charge is -2.33. The summed E-state index contributed by atoms with van der Waals surface area (Å²) in [6.07, 6.45) is 2.36. The fraction of sp³-hybridized carbons (Fsp3) is 0.619. The Morgan fingerprint density at radius 3 is 2.66 bits per heavy atom. The first-order valence-electron chi connectivity index (χ1n) is 10.2. The van der Waals surface area contributed by atoms with Crippen LogP contribution in [-0.4, -0.2) is 81.2 Å².